The zero-order valence-electron chi connectivity index (χ0n) is 7.96. The van der Waals surface area contributed by atoms with Gasteiger partial charge >= 0.3 is 0 Å². The topological polar surface area (TPSA) is 24.4 Å². The molecule has 2 atom stereocenters. The minimum atomic E-state index is 0.458. The van der Waals surface area contributed by atoms with Crippen molar-refractivity contribution >= 4 is 6.21 Å². The third-order valence-corrected chi connectivity index (χ3v) is 2.25. The van der Waals surface area contributed by atoms with Crippen LogP contribution in [-0.2, 0) is 0 Å². The molecule has 0 aliphatic carbocycles. The molecule has 1 heterocycles. The van der Waals surface area contributed by atoms with Crippen LogP contribution in [0.3, 0.4) is 0 Å². The maximum Gasteiger partial charge on any atom is 0.0686 e. The van der Waals surface area contributed by atoms with Crippen LogP contribution in [0, 0.1) is 0 Å². The van der Waals surface area contributed by atoms with Crippen molar-refractivity contribution in [1.82, 2.24) is 5.32 Å². The Balaban J connectivity index is 2.42. The van der Waals surface area contributed by atoms with Crippen LogP contribution in [0.4, 0.5) is 0 Å². The molecule has 1 aliphatic heterocycles. The maximum absolute atomic E-state index is 4.44. The van der Waals surface area contributed by atoms with Gasteiger partial charge in [-0.2, -0.15) is 0 Å². The number of aliphatic imine (C=N–C) groups is 1. The van der Waals surface area contributed by atoms with E-state index in [1.54, 1.807) is 0 Å². The summed E-state index contributed by atoms with van der Waals surface area (Å²) in [7, 11) is 0. The number of allylic oxidation sites excluding steroid dienone is 1. The zero-order chi connectivity index (χ0) is 8.81. The fourth-order valence-corrected chi connectivity index (χ4v) is 1.58. The molecule has 2 unspecified atom stereocenters. The molecule has 0 aromatic carbocycles. The van der Waals surface area contributed by atoms with Crippen molar-refractivity contribution in [2.45, 2.75) is 38.8 Å². The van der Waals surface area contributed by atoms with E-state index in [4.69, 9.17) is 0 Å². The maximum atomic E-state index is 4.44. The molecule has 0 aromatic rings. The summed E-state index contributed by atoms with van der Waals surface area (Å²) in [5.74, 6) is 0. The van der Waals surface area contributed by atoms with Crippen molar-refractivity contribution in [2.75, 3.05) is 6.54 Å². The van der Waals surface area contributed by atoms with Gasteiger partial charge in [-0.1, -0.05) is 19.9 Å². The van der Waals surface area contributed by atoms with E-state index < -0.39 is 0 Å². The van der Waals surface area contributed by atoms with E-state index in [2.05, 4.69) is 30.2 Å². The van der Waals surface area contributed by atoms with Crippen LogP contribution in [0.5, 0.6) is 0 Å². The average molecular weight is 166 g/mol. The quantitative estimate of drug-likeness (QED) is 0.676. The van der Waals surface area contributed by atoms with E-state index in [0.717, 1.165) is 19.4 Å². The normalized spacial score (nSPS) is 24.3. The van der Waals surface area contributed by atoms with Gasteiger partial charge in [0.2, 0.25) is 0 Å². The Kier molecular flexibility index (Phi) is 4.01. The lowest BCUT2D eigenvalue weighted by Gasteiger charge is -2.23. The third kappa shape index (κ3) is 2.45. The molecular weight excluding hydrogens is 148 g/mol. The van der Waals surface area contributed by atoms with Gasteiger partial charge in [-0.05, 0) is 25.5 Å². The van der Waals surface area contributed by atoms with Gasteiger partial charge in [0.25, 0.3) is 0 Å². The molecule has 2 heteroatoms. The SMILES string of the molecule is CCNC(CC)C1CC=CC=N1. The molecule has 0 aromatic heterocycles. The first-order valence-electron chi connectivity index (χ1n) is 4.80. The van der Waals surface area contributed by atoms with Gasteiger partial charge in [0, 0.05) is 12.3 Å². The van der Waals surface area contributed by atoms with Crippen LogP contribution < -0.4 is 5.32 Å². The average Bonchev–Trinajstić information content (AvgIpc) is 2.15. The summed E-state index contributed by atoms with van der Waals surface area (Å²) in [6.07, 6.45) is 8.37. The molecule has 12 heavy (non-hydrogen) atoms. The Labute approximate surface area is 74.8 Å². The fourth-order valence-electron chi connectivity index (χ4n) is 1.58. The molecule has 0 saturated heterocycles. The first-order valence-corrected chi connectivity index (χ1v) is 4.80. The summed E-state index contributed by atoms with van der Waals surface area (Å²) in [6.45, 7) is 5.39. The molecule has 68 valence electrons. The molecule has 1 N–H and O–H groups in total. The number of rotatable bonds is 4. The number of hydrogen-bond donors (Lipinski definition) is 1. The van der Waals surface area contributed by atoms with Gasteiger partial charge < -0.3 is 5.32 Å². The van der Waals surface area contributed by atoms with E-state index in [-0.39, 0.29) is 0 Å². The molecule has 1 rings (SSSR count). The van der Waals surface area contributed by atoms with E-state index in [0.29, 0.717) is 12.1 Å². The molecule has 0 spiro atoms. The molecule has 0 radical (unpaired) electrons. The monoisotopic (exact) mass is 166 g/mol. The molecule has 0 bridgehead atoms. The summed E-state index contributed by atoms with van der Waals surface area (Å²) in [4.78, 5) is 4.44. The molecule has 2 nitrogen and oxygen atoms in total. The lowest BCUT2D eigenvalue weighted by molar-refractivity contribution is 0.429. The molecule has 0 saturated carbocycles. The number of likely N-dealkylation sites (N-methyl/N-ethyl adjacent to an activating group) is 1. The predicted molar refractivity (Wildman–Crippen MR) is 53.8 cm³/mol. The van der Waals surface area contributed by atoms with Gasteiger partial charge in [0.1, 0.15) is 0 Å². The number of hydrogen-bond acceptors (Lipinski definition) is 2. The Morgan fingerprint density at radius 3 is 2.92 bits per heavy atom. The fraction of sp³-hybridized carbons (Fsp3) is 0.700. The number of nitrogens with zero attached hydrogens (tertiary/aromatic N) is 1. The molecule has 1 aliphatic rings. The van der Waals surface area contributed by atoms with E-state index >= 15 is 0 Å². The van der Waals surface area contributed by atoms with Crippen LogP contribution in [-0.4, -0.2) is 24.8 Å². The standard InChI is InChI=1S/C10H18N2/c1-3-9(11-4-2)10-7-5-6-8-12-10/h5-6,8-11H,3-4,7H2,1-2H3. The van der Waals surface area contributed by atoms with Crippen molar-refractivity contribution in [3.8, 4) is 0 Å². The highest BCUT2D eigenvalue weighted by molar-refractivity contribution is 5.72. The Morgan fingerprint density at radius 1 is 1.58 bits per heavy atom. The smallest absolute Gasteiger partial charge is 0.0686 e. The number of nitrogens with one attached hydrogen (secondary N) is 1. The second-order valence-corrected chi connectivity index (χ2v) is 3.10. The predicted octanol–water partition coefficient (Wildman–Crippen LogP) is 1.77. The van der Waals surface area contributed by atoms with Crippen LogP contribution in [0.25, 0.3) is 0 Å². The second-order valence-electron chi connectivity index (χ2n) is 3.10. The third-order valence-electron chi connectivity index (χ3n) is 2.25. The molecule has 0 fully saturated rings. The van der Waals surface area contributed by atoms with E-state index in [9.17, 15) is 0 Å². The van der Waals surface area contributed by atoms with Gasteiger partial charge in [-0.25, -0.2) is 0 Å². The van der Waals surface area contributed by atoms with Crippen molar-refractivity contribution in [2.24, 2.45) is 4.99 Å². The van der Waals surface area contributed by atoms with Crippen molar-refractivity contribution in [3.63, 3.8) is 0 Å². The van der Waals surface area contributed by atoms with Crippen LogP contribution >= 0.6 is 0 Å². The van der Waals surface area contributed by atoms with Gasteiger partial charge in [-0.15, -0.1) is 0 Å². The van der Waals surface area contributed by atoms with E-state index in [1.807, 2.05) is 12.3 Å². The highest BCUT2D eigenvalue weighted by Gasteiger charge is 2.16. The van der Waals surface area contributed by atoms with Crippen molar-refractivity contribution in [3.05, 3.63) is 12.2 Å². The number of dihydropyridines is 1. The van der Waals surface area contributed by atoms with E-state index in [1.165, 1.54) is 0 Å². The van der Waals surface area contributed by atoms with Crippen LogP contribution in [0.15, 0.2) is 17.1 Å². The first kappa shape index (κ1) is 9.46. The minimum absolute atomic E-state index is 0.458. The largest absolute Gasteiger partial charge is 0.312 e. The lowest BCUT2D eigenvalue weighted by Crippen LogP contribution is -2.38. The summed E-state index contributed by atoms with van der Waals surface area (Å²) in [6, 6.07) is 1.01. The zero-order valence-corrected chi connectivity index (χ0v) is 7.96. The Morgan fingerprint density at radius 2 is 2.42 bits per heavy atom. The van der Waals surface area contributed by atoms with Crippen LogP contribution in [0.1, 0.15) is 26.7 Å². The summed E-state index contributed by atoms with van der Waals surface area (Å²) in [5.41, 5.74) is 0. The van der Waals surface area contributed by atoms with Gasteiger partial charge in [-0.3, -0.25) is 4.99 Å². The minimum Gasteiger partial charge on any atom is -0.312 e. The highest BCUT2D eigenvalue weighted by Crippen LogP contribution is 2.10. The van der Waals surface area contributed by atoms with Crippen molar-refractivity contribution in [1.29, 1.82) is 0 Å². The molecule has 0 amide bonds. The van der Waals surface area contributed by atoms with Gasteiger partial charge in [0.15, 0.2) is 0 Å². The lowest BCUT2D eigenvalue weighted by atomic mass is 10.0. The Bertz CT molecular complexity index is 173. The highest BCUT2D eigenvalue weighted by atomic mass is 15.0. The first-order chi connectivity index (χ1) is 5.88. The van der Waals surface area contributed by atoms with Crippen molar-refractivity contribution < 1.29 is 0 Å². The van der Waals surface area contributed by atoms with Crippen LogP contribution in [0.2, 0.25) is 0 Å². The second kappa shape index (κ2) is 5.09. The summed E-state index contributed by atoms with van der Waals surface area (Å²) >= 11 is 0. The summed E-state index contributed by atoms with van der Waals surface area (Å²) in [5, 5.41) is 3.45. The summed E-state index contributed by atoms with van der Waals surface area (Å²) < 4.78 is 0. The molecular formula is C10H18N2. The van der Waals surface area contributed by atoms with Gasteiger partial charge in [0.05, 0.1) is 6.04 Å². The Hall–Kier alpha value is -0.630.